The highest BCUT2D eigenvalue weighted by molar-refractivity contribution is 6.02. The molecule has 10 heteroatoms. The second kappa shape index (κ2) is 9.32. The Kier molecular flexibility index (Phi) is 6.64. The Morgan fingerprint density at radius 1 is 1.08 bits per heavy atom. The predicted molar refractivity (Wildman–Crippen MR) is 125 cm³/mol. The van der Waals surface area contributed by atoms with Gasteiger partial charge in [0.15, 0.2) is 6.29 Å². The number of nitrogens with one attached hydrogen (secondary N) is 1. The van der Waals surface area contributed by atoms with E-state index in [4.69, 9.17) is 0 Å². The minimum absolute atomic E-state index is 0.128. The lowest BCUT2D eigenvalue weighted by Crippen LogP contribution is -2.29. The molecule has 4 nitrogen and oxygen atoms in total. The molecule has 0 saturated heterocycles. The lowest BCUT2D eigenvalue weighted by molar-refractivity contribution is -0.137. The third-order valence-corrected chi connectivity index (χ3v) is 6.62. The van der Waals surface area contributed by atoms with E-state index in [1.165, 1.54) is 31.3 Å². The molecule has 2 aromatic carbocycles. The monoisotopic (exact) mass is 520 g/mol. The number of halogens is 6. The summed E-state index contributed by atoms with van der Waals surface area (Å²) in [4.78, 5) is 28.8. The number of benzene rings is 2. The molecule has 1 amide bonds. The van der Waals surface area contributed by atoms with Gasteiger partial charge in [-0.25, -0.2) is 4.39 Å². The molecule has 0 radical (unpaired) electrons. The van der Waals surface area contributed by atoms with Gasteiger partial charge in [-0.1, -0.05) is 19.1 Å². The van der Waals surface area contributed by atoms with Gasteiger partial charge in [-0.05, 0) is 61.2 Å². The number of carbonyl (C=O) groups excluding carboxylic acids is 2. The summed E-state index contributed by atoms with van der Waals surface area (Å²) in [7, 11) is 0. The lowest BCUT2D eigenvalue weighted by atomic mass is 9.92. The highest BCUT2D eigenvalue weighted by Gasteiger charge is 2.53. The van der Waals surface area contributed by atoms with Crippen LogP contribution in [0.1, 0.15) is 58.9 Å². The fourth-order valence-electron chi connectivity index (χ4n) is 4.39. The van der Waals surface area contributed by atoms with Crippen molar-refractivity contribution < 1.29 is 35.9 Å². The average Bonchev–Trinajstić information content (AvgIpc) is 3.65. The Morgan fingerprint density at radius 3 is 2.30 bits per heavy atom. The third kappa shape index (κ3) is 4.97. The van der Waals surface area contributed by atoms with Crippen LogP contribution in [0.2, 0.25) is 0 Å². The van der Waals surface area contributed by atoms with Crippen LogP contribution in [-0.4, -0.2) is 17.2 Å². The van der Waals surface area contributed by atoms with Crippen molar-refractivity contribution in [3.8, 4) is 11.1 Å². The van der Waals surface area contributed by atoms with Crippen LogP contribution in [0.15, 0.2) is 48.7 Å². The highest BCUT2D eigenvalue weighted by Crippen LogP contribution is 2.50. The number of hydrogen-bond donors (Lipinski definition) is 1. The minimum atomic E-state index is -4.71. The smallest absolute Gasteiger partial charge is 0.325 e. The van der Waals surface area contributed by atoms with Crippen molar-refractivity contribution in [2.24, 2.45) is 0 Å². The van der Waals surface area contributed by atoms with Gasteiger partial charge in [0.25, 0.3) is 5.92 Å². The minimum Gasteiger partial charge on any atom is -0.325 e. The van der Waals surface area contributed by atoms with Crippen LogP contribution in [0.5, 0.6) is 0 Å². The fourth-order valence-corrected chi connectivity index (χ4v) is 4.39. The zero-order valence-electron chi connectivity index (χ0n) is 19.8. The predicted octanol–water partition coefficient (Wildman–Crippen LogP) is 7.20. The first kappa shape index (κ1) is 26.4. The van der Waals surface area contributed by atoms with E-state index < -0.39 is 46.9 Å². The van der Waals surface area contributed by atoms with Crippen LogP contribution in [0.3, 0.4) is 0 Å². The molecule has 1 aromatic heterocycles. The molecular formula is C27H22F6N2O2. The molecule has 1 aliphatic carbocycles. The molecule has 1 aliphatic rings. The molecule has 0 aliphatic heterocycles. The molecule has 1 fully saturated rings. The van der Waals surface area contributed by atoms with Crippen LogP contribution in [0, 0.1) is 12.7 Å². The Bertz CT molecular complexity index is 1360. The summed E-state index contributed by atoms with van der Waals surface area (Å²) in [5.41, 5.74) is -1.16. The first-order chi connectivity index (χ1) is 17.3. The van der Waals surface area contributed by atoms with E-state index in [0.717, 1.165) is 12.1 Å². The van der Waals surface area contributed by atoms with E-state index in [1.54, 1.807) is 13.0 Å². The number of carbonyl (C=O) groups is 2. The van der Waals surface area contributed by atoms with Crippen molar-refractivity contribution in [2.45, 2.75) is 50.6 Å². The summed E-state index contributed by atoms with van der Waals surface area (Å²) in [6.45, 7) is 3.00. The molecule has 37 heavy (non-hydrogen) atoms. The summed E-state index contributed by atoms with van der Waals surface area (Å²) in [5, 5.41) is 2.64. The van der Waals surface area contributed by atoms with Crippen molar-refractivity contribution in [1.29, 1.82) is 0 Å². The first-order valence-corrected chi connectivity index (χ1v) is 11.5. The zero-order chi connectivity index (χ0) is 27.2. The van der Waals surface area contributed by atoms with Gasteiger partial charge < -0.3 is 5.32 Å². The SMILES string of the molecule is CCC(F)(F)c1ccc(-c2c(C)cc(NC(=O)C3(c4ccc(C(F)(F)F)cc4F)CC3)cc2C=O)cn1. The summed E-state index contributed by atoms with van der Waals surface area (Å²) >= 11 is 0. The zero-order valence-corrected chi connectivity index (χ0v) is 19.8. The van der Waals surface area contributed by atoms with E-state index >= 15 is 0 Å². The number of alkyl halides is 5. The summed E-state index contributed by atoms with van der Waals surface area (Å²) in [6.07, 6.45) is -2.83. The summed E-state index contributed by atoms with van der Waals surface area (Å²) in [5.74, 6) is -4.81. The van der Waals surface area contributed by atoms with E-state index in [2.05, 4.69) is 10.3 Å². The second-order valence-corrected chi connectivity index (χ2v) is 9.09. The van der Waals surface area contributed by atoms with Gasteiger partial charge in [0, 0.05) is 35.0 Å². The molecule has 1 N–H and O–H groups in total. The molecule has 0 atom stereocenters. The largest absolute Gasteiger partial charge is 0.416 e. The van der Waals surface area contributed by atoms with Crippen molar-refractivity contribution in [3.63, 3.8) is 0 Å². The molecule has 1 saturated carbocycles. The Balaban J connectivity index is 1.61. The van der Waals surface area contributed by atoms with Crippen LogP contribution in [0.4, 0.5) is 32.0 Å². The molecule has 1 heterocycles. The number of amides is 1. The number of anilines is 1. The van der Waals surface area contributed by atoms with Crippen LogP contribution in [-0.2, 0) is 22.3 Å². The number of rotatable bonds is 7. The molecule has 0 spiro atoms. The van der Waals surface area contributed by atoms with Gasteiger partial charge >= 0.3 is 6.18 Å². The summed E-state index contributed by atoms with van der Waals surface area (Å²) < 4.78 is 81.1. The molecule has 4 rings (SSSR count). The quantitative estimate of drug-likeness (QED) is 0.265. The molecule has 0 unspecified atom stereocenters. The maximum absolute atomic E-state index is 14.6. The molecule has 0 bridgehead atoms. The van der Waals surface area contributed by atoms with E-state index in [0.29, 0.717) is 29.0 Å². The highest BCUT2D eigenvalue weighted by atomic mass is 19.4. The van der Waals surface area contributed by atoms with Crippen molar-refractivity contribution in [1.82, 2.24) is 4.98 Å². The van der Waals surface area contributed by atoms with Crippen molar-refractivity contribution in [2.75, 3.05) is 5.32 Å². The normalized spacial score (nSPS) is 14.8. The topological polar surface area (TPSA) is 59.1 Å². The van der Waals surface area contributed by atoms with Crippen molar-refractivity contribution >= 4 is 17.9 Å². The average molecular weight is 520 g/mol. The lowest BCUT2D eigenvalue weighted by Gasteiger charge is -2.19. The standard InChI is InChI=1S/C27H22F6N2O2/c1-3-26(29,30)22-7-4-16(13-34-22)23-15(2)10-19(11-17(23)14-36)35-24(37)25(8-9-25)20-6-5-18(12-21(20)28)27(31,32)33/h4-7,10-14H,3,8-9H2,1-2H3,(H,35,37). The maximum Gasteiger partial charge on any atom is 0.416 e. The van der Waals surface area contributed by atoms with Gasteiger partial charge in [-0.3, -0.25) is 14.6 Å². The summed E-state index contributed by atoms with van der Waals surface area (Å²) in [6, 6.07) is 7.68. The fraction of sp³-hybridized carbons (Fsp3) is 0.296. The Labute approximate surface area is 208 Å². The van der Waals surface area contributed by atoms with E-state index in [1.807, 2.05) is 0 Å². The van der Waals surface area contributed by atoms with E-state index in [-0.39, 0.29) is 29.7 Å². The third-order valence-electron chi connectivity index (χ3n) is 6.62. The van der Waals surface area contributed by atoms with Crippen LogP contribution >= 0.6 is 0 Å². The second-order valence-electron chi connectivity index (χ2n) is 9.09. The molecule has 3 aromatic rings. The molecular weight excluding hydrogens is 498 g/mol. The van der Waals surface area contributed by atoms with Crippen LogP contribution < -0.4 is 5.32 Å². The Morgan fingerprint density at radius 2 is 1.78 bits per heavy atom. The number of nitrogens with zero attached hydrogens (tertiary/aromatic N) is 1. The van der Waals surface area contributed by atoms with Gasteiger partial charge in [0.1, 0.15) is 11.5 Å². The number of aryl methyl sites for hydroxylation is 1. The molecule has 194 valence electrons. The van der Waals surface area contributed by atoms with Crippen molar-refractivity contribution in [3.05, 3.63) is 82.4 Å². The number of hydrogen-bond acceptors (Lipinski definition) is 3. The number of pyridine rings is 1. The van der Waals surface area contributed by atoms with E-state index in [9.17, 15) is 35.9 Å². The Hall–Kier alpha value is -3.69. The van der Waals surface area contributed by atoms with Gasteiger partial charge in [0.2, 0.25) is 5.91 Å². The maximum atomic E-state index is 14.6. The number of aromatic nitrogens is 1. The number of aldehydes is 1. The van der Waals surface area contributed by atoms with Crippen LogP contribution in [0.25, 0.3) is 11.1 Å². The van der Waals surface area contributed by atoms with Gasteiger partial charge in [-0.2, -0.15) is 22.0 Å². The van der Waals surface area contributed by atoms with Gasteiger partial charge in [0.05, 0.1) is 11.0 Å². The van der Waals surface area contributed by atoms with Gasteiger partial charge in [-0.15, -0.1) is 0 Å². The first-order valence-electron chi connectivity index (χ1n) is 11.5.